The number of nitrogens with zero attached hydrogens (tertiary/aromatic N) is 2. The minimum absolute atomic E-state index is 0.315. The molecule has 0 N–H and O–H groups in total. The van der Waals surface area contributed by atoms with E-state index < -0.39 is 0 Å². The smallest absolute Gasteiger partial charge is 0.150 e. The fourth-order valence-corrected chi connectivity index (χ4v) is 3.64. The number of hydrogen-bond donors (Lipinski definition) is 0. The standard InChI is InChI=1S/C14H22N2OS/c1-2-8-16-9-7-15-14(16)10-12(17)11-18-13-5-3-4-6-13/h7,9,13H,2-6,8,10-11H2,1H3. The lowest BCUT2D eigenvalue weighted by Gasteiger charge is -2.08. The van der Waals surface area contributed by atoms with E-state index in [0.29, 0.717) is 18.0 Å². The molecule has 2 rings (SSSR count). The van der Waals surface area contributed by atoms with Crippen molar-refractivity contribution in [3.05, 3.63) is 18.2 Å². The van der Waals surface area contributed by atoms with Crippen LogP contribution in [0.1, 0.15) is 44.9 Å². The van der Waals surface area contributed by atoms with Crippen molar-refractivity contribution in [3.63, 3.8) is 0 Å². The Morgan fingerprint density at radius 3 is 3.00 bits per heavy atom. The maximum atomic E-state index is 11.9. The topological polar surface area (TPSA) is 34.9 Å². The molecule has 0 bridgehead atoms. The van der Waals surface area contributed by atoms with Crippen LogP contribution in [0.5, 0.6) is 0 Å². The van der Waals surface area contributed by atoms with Crippen LogP contribution >= 0.6 is 11.8 Å². The molecule has 0 radical (unpaired) electrons. The molecule has 0 unspecified atom stereocenters. The van der Waals surface area contributed by atoms with Crippen molar-refractivity contribution < 1.29 is 4.79 Å². The Morgan fingerprint density at radius 1 is 1.50 bits per heavy atom. The number of Topliss-reactive ketones (excluding diaryl/α,β-unsaturated/α-hetero) is 1. The van der Waals surface area contributed by atoms with Crippen molar-refractivity contribution in [3.8, 4) is 0 Å². The van der Waals surface area contributed by atoms with Gasteiger partial charge in [0, 0.05) is 24.2 Å². The van der Waals surface area contributed by atoms with Crippen molar-refractivity contribution in [2.24, 2.45) is 0 Å². The van der Waals surface area contributed by atoms with Gasteiger partial charge < -0.3 is 4.57 Å². The van der Waals surface area contributed by atoms with E-state index in [-0.39, 0.29) is 0 Å². The average Bonchev–Trinajstić information content (AvgIpc) is 2.99. The molecule has 0 aromatic carbocycles. The molecule has 0 atom stereocenters. The maximum absolute atomic E-state index is 11.9. The van der Waals surface area contributed by atoms with Gasteiger partial charge in [-0.05, 0) is 19.3 Å². The summed E-state index contributed by atoms with van der Waals surface area (Å²) in [7, 11) is 0. The first kappa shape index (κ1) is 13.7. The quantitative estimate of drug-likeness (QED) is 0.760. The molecule has 1 saturated carbocycles. The van der Waals surface area contributed by atoms with Gasteiger partial charge in [0.15, 0.2) is 0 Å². The second-order valence-electron chi connectivity index (χ2n) is 4.97. The molecular formula is C14H22N2OS. The Labute approximate surface area is 113 Å². The number of thioether (sulfide) groups is 1. The molecule has 1 aromatic rings. The average molecular weight is 266 g/mol. The second-order valence-corrected chi connectivity index (χ2v) is 6.26. The lowest BCUT2D eigenvalue weighted by molar-refractivity contribution is -0.116. The Morgan fingerprint density at radius 2 is 2.28 bits per heavy atom. The van der Waals surface area contributed by atoms with Crippen molar-refractivity contribution in [2.45, 2.75) is 57.2 Å². The van der Waals surface area contributed by atoms with Crippen LogP contribution in [0.15, 0.2) is 12.4 Å². The Bertz CT molecular complexity index is 383. The van der Waals surface area contributed by atoms with Crippen LogP contribution in [0.4, 0.5) is 0 Å². The zero-order valence-electron chi connectivity index (χ0n) is 11.1. The van der Waals surface area contributed by atoms with Gasteiger partial charge in [-0.25, -0.2) is 4.98 Å². The predicted molar refractivity (Wildman–Crippen MR) is 75.9 cm³/mol. The molecule has 0 amide bonds. The molecular weight excluding hydrogens is 244 g/mol. The summed E-state index contributed by atoms with van der Waals surface area (Å²) >= 11 is 1.85. The lowest BCUT2D eigenvalue weighted by Crippen LogP contribution is -2.13. The van der Waals surface area contributed by atoms with Gasteiger partial charge in [0.2, 0.25) is 0 Å². The van der Waals surface area contributed by atoms with Gasteiger partial charge in [-0.1, -0.05) is 19.8 Å². The van der Waals surface area contributed by atoms with Crippen LogP contribution in [0, 0.1) is 0 Å². The van der Waals surface area contributed by atoms with Crippen LogP contribution in [0.25, 0.3) is 0 Å². The van der Waals surface area contributed by atoms with Gasteiger partial charge in [-0.3, -0.25) is 4.79 Å². The lowest BCUT2D eigenvalue weighted by atomic mass is 10.3. The van der Waals surface area contributed by atoms with Gasteiger partial charge >= 0.3 is 0 Å². The number of aryl methyl sites for hydroxylation is 1. The summed E-state index contributed by atoms with van der Waals surface area (Å²) in [6.07, 6.45) is 10.6. The largest absolute Gasteiger partial charge is 0.335 e. The molecule has 1 aliphatic carbocycles. The molecule has 1 aliphatic rings. The van der Waals surface area contributed by atoms with Crippen LogP contribution in [0.3, 0.4) is 0 Å². The van der Waals surface area contributed by atoms with E-state index in [0.717, 1.165) is 24.0 Å². The van der Waals surface area contributed by atoms with E-state index in [1.165, 1.54) is 25.7 Å². The minimum atomic E-state index is 0.315. The van der Waals surface area contributed by atoms with E-state index >= 15 is 0 Å². The Hall–Kier alpha value is -0.770. The monoisotopic (exact) mass is 266 g/mol. The van der Waals surface area contributed by atoms with E-state index in [2.05, 4.69) is 16.5 Å². The normalized spacial score (nSPS) is 16.3. The number of carbonyl (C=O) groups excluding carboxylic acids is 1. The van der Waals surface area contributed by atoms with Crippen LogP contribution in [0.2, 0.25) is 0 Å². The number of ketones is 1. The molecule has 0 aliphatic heterocycles. The summed E-state index contributed by atoms with van der Waals surface area (Å²) in [5.41, 5.74) is 0. The summed E-state index contributed by atoms with van der Waals surface area (Å²) in [6, 6.07) is 0. The third-order valence-electron chi connectivity index (χ3n) is 3.40. The SMILES string of the molecule is CCCn1ccnc1CC(=O)CSC1CCCC1. The van der Waals surface area contributed by atoms with E-state index in [1.807, 2.05) is 18.0 Å². The molecule has 18 heavy (non-hydrogen) atoms. The molecule has 1 aromatic heterocycles. The van der Waals surface area contributed by atoms with E-state index in [1.54, 1.807) is 6.20 Å². The highest BCUT2D eigenvalue weighted by Crippen LogP contribution is 2.29. The fourth-order valence-electron chi connectivity index (χ4n) is 2.44. The Kier molecular flexibility index (Phi) is 5.29. The zero-order chi connectivity index (χ0) is 12.8. The fraction of sp³-hybridized carbons (Fsp3) is 0.714. The molecule has 100 valence electrons. The second kappa shape index (κ2) is 6.98. The third kappa shape index (κ3) is 3.87. The Balaban J connectivity index is 1.77. The first-order chi connectivity index (χ1) is 8.79. The van der Waals surface area contributed by atoms with Crippen LogP contribution in [-0.4, -0.2) is 26.3 Å². The highest BCUT2D eigenvalue weighted by atomic mass is 32.2. The predicted octanol–water partition coefficient (Wildman–Crippen LogP) is 3.08. The summed E-state index contributed by atoms with van der Waals surface area (Å²) < 4.78 is 2.10. The van der Waals surface area contributed by atoms with Crippen LogP contribution in [-0.2, 0) is 17.8 Å². The summed E-state index contributed by atoms with van der Waals surface area (Å²) in [6.45, 7) is 3.10. The molecule has 3 nitrogen and oxygen atoms in total. The first-order valence-electron chi connectivity index (χ1n) is 6.93. The van der Waals surface area contributed by atoms with Gasteiger partial charge in [-0.15, -0.1) is 0 Å². The molecule has 0 spiro atoms. The number of rotatable bonds is 7. The number of aromatic nitrogens is 2. The third-order valence-corrected chi connectivity index (χ3v) is 4.84. The molecule has 0 saturated heterocycles. The molecule has 1 fully saturated rings. The van der Waals surface area contributed by atoms with Crippen molar-refractivity contribution in [1.82, 2.24) is 9.55 Å². The zero-order valence-corrected chi connectivity index (χ0v) is 11.9. The van der Waals surface area contributed by atoms with Crippen molar-refractivity contribution >= 4 is 17.5 Å². The van der Waals surface area contributed by atoms with Gasteiger partial charge in [-0.2, -0.15) is 11.8 Å². The summed E-state index contributed by atoms with van der Waals surface area (Å²) in [5.74, 6) is 1.90. The number of hydrogen-bond acceptors (Lipinski definition) is 3. The van der Waals surface area contributed by atoms with Gasteiger partial charge in [0.25, 0.3) is 0 Å². The number of carbonyl (C=O) groups is 1. The molecule has 1 heterocycles. The summed E-state index contributed by atoms with van der Waals surface area (Å²) in [5, 5.41) is 0.726. The van der Waals surface area contributed by atoms with Gasteiger partial charge in [0.05, 0.1) is 12.2 Å². The van der Waals surface area contributed by atoms with Crippen molar-refractivity contribution in [1.29, 1.82) is 0 Å². The minimum Gasteiger partial charge on any atom is -0.335 e. The van der Waals surface area contributed by atoms with Gasteiger partial charge in [0.1, 0.15) is 11.6 Å². The molecule has 4 heteroatoms. The van der Waals surface area contributed by atoms with E-state index in [4.69, 9.17) is 0 Å². The maximum Gasteiger partial charge on any atom is 0.150 e. The first-order valence-corrected chi connectivity index (χ1v) is 7.97. The highest BCUT2D eigenvalue weighted by molar-refractivity contribution is 8.00. The number of imidazole rings is 1. The van der Waals surface area contributed by atoms with E-state index in [9.17, 15) is 4.79 Å². The van der Waals surface area contributed by atoms with Crippen molar-refractivity contribution in [2.75, 3.05) is 5.75 Å². The highest BCUT2D eigenvalue weighted by Gasteiger charge is 2.17. The summed E-state index contributed by atoms with van der Waals surface area (Å²) in [4.78, 5) is 16.2. The van der Waals surface area contributed by atoms with Crippen LogP contribution < -0.4 is 0 Å².